The Balaban J connectivity index is 0.00000120. The van der Waals surface area contributed by atoms with Crippen LogP contribution in [0.15, 0.2) is 12.2 Å². The summed E-state index contributed by atoms with van der Waals surface area (Å²) < 4.78 is 5.55. The highest BCUT2D eigenvalue weighted by Crippen LogP contribution is 2.44. The van der Waals surface area contributed by atoms with Crippen molar-refractivity contribution in [3.8, 4) is 0 Å². The molecule has 0 radical (unpaired) electrons. The van der Waals surface area contributed by atoms with Gasteiger partial charge in [0.25, 0.3) is 0 Å². The van der Waals surface area contributed by atoms with Crippen LogP contribution in [0.3, 0.4) is 0 Å². The zero-order valence-corrected chi connectivity index (χ0v) is 10.8. The van der Waals surface area contributed by atoms with E-state index in [1.165, 1.54) is 4.90 Å². The molecule has 3 aliphatic rings. The van der Waals surface area contributed by atoms with Crippen LogP contribution in [-0.2, 0) is 14.3 Å². The van der Waals surface area contributed by atoms with Gasteiger partial charge in [0.2, 0.25) is 11.8 Å². The molecule has 0 aliphatic carbocycles. The van der Waals surface area contributed by atoms with Crippen molar-refractivity contribution in [1.29, 1.82) is 0 Å². The second kappa shape index (κ2) is 4.99. The van der Waals surface area contributed by atoms with Gasteiger partial charge in [-0.3, -0.25) is 14.5 Å². The van der Waals surface area contributed by atoms with E-state index in [-0.39, 0.29) is 48.3 Å². The number of halogens is 1. The van der Waals surface area contributed by atoms with Gasteiger partial charge in [0.05, 0.1) is 24.0 Å². The molecule has 5 nitrogen and oxygen atoms in total. The summed E-state index contributed by atoms with van der Waals surface area (Å²) in [5, 5.41) is 0. The molecule has 2 amide bonds. The second-order valence-electron chi connectivity index (χ2n) is 4.83. The molecule has 3 aliphatic heterocycles. The van der Waals surface area contributed by atoms with Crippen LogP contribution in [0.4, 0.5) is 0 Å². The largest absolute Gasteiger partial charge is 0.365 e. The first kappa shape index (κ1) is 13.5. The Morgan fingerprint density at radius 1 is 1.11 bits per heavy atom. The number of amides is 2. The minimum atomic E-state index is -0.268. The Kier molecular flexibility index (Phi) is 3.75. The van der Waals surface area contributed by atoms with Crippen molar-refractivity contribution in [2.24, 2.45) is 17.6 Å². The van der Waals surface area contributed by atoms with Crippen molar-refractivity contribution in [3.63, 3.8) is 0 Å². The molecule has 18 heavy (non-hydrogen) atoms. The highest BCUT2D eigenvalue weighted by atomic mass is 35.5. The molecule has 4 atom stereocenters. The molecular weight excluding hydrogens is 256 g/mol. The van der Waals surface area contributed by atoms with Gasteiger partial charge in [0.1, 0.15) is 0 Å². The topological polar surface area (TPSA) is 72.6 Å². The van der Waals surface area contributed by atoms with E-state index in [1.807, 2.05) is 12.2 Å². The Hall–Kier alpha value is -0.910. The number of imide groups is 1. The summed E-state index contributed by atoms with van der Waals surface area (Å²) in [6.07, 6.45) is 5.08. The fourth-order valence-electron chi connectivity index (χ4n) is 3.00. The van der Waals surface area contributed by atoms with E-state index < -0.39 is 0 Å². The minimum Gasteiger partial charge on any atom is -0.365 e. The molecule has 2 N–H and O–H groups in total. The molecule has 3 rings (SSSR count). The number of carbonyl (C=O) groups is 2. The van der Waals surface area contributed by atoms with Gasteiger partial charge in [-0.25, -0.2) is 0 Å². The Bertz CT molecular complexity index is 369. The fraction of sp³-hybridized carbons (Fsp3) is 0.667. The third kappa shape index (κ3) is 1.77. The maximum atomic E-state index is 12.1. The predicted octanol–water partition coefficient (Wildman–Crippen LogP) is 0.0855. The van der Waals surface area contributed by atoms with Crippen LogP contribution in [-0.4, -0.2) is 42.0 Å². The number of fused-ring (bicyclic) bond motifs is 5. The van der Waals surface area contributed by atoms with Crippen LogP contribution >= 0.6 is 12.4 Å². The molecule has 0 aromatic heterocycles. The van der Waals surface area contributed by atoms with Gasteiger partial charge in [-0.15, -0.1) is 12.4 Å². The van der Waals surface area contributed by atoms with Crippen molar-refractivity contribution >= 4 is 24.2 Å². The van der Waals surface area contributed by atoms with E-state index in [0.29, 0.717) is 13.1 Å². The molecule has 2 fully saturated rings. The van der Waals surface area contributed by atoms with Crippen molar-refractivity contribution in [2.45, 2.75) is 25.0 Å². The first-order chi connectivity index (χ1) is 8.24. The number of nitrogens with zero attached hydrogens (tertiary/aromatic N) is 1. The number of hydrogen-bond donors (Lipinski definition) is 1. The lowest BCUT2D eigenvalue weighted by Gasteiger charge is -2.17. The van der Waals surface area contributed by atoms with Gasteiger partial charge < -0.3 is 10.5 Å². The van der Waals surface area contributed by atoms with E-state index in [4.69, 9.17) is 10.5 Å². The van der Waals surface area contributed by atoms with Crippen molar-refractivity contribution < 1.29 is 14.3 Å². The van der Waals surface area contributed by atoms with E-state index in [1.54, 1.807) is 0 Å². The SMILES string of the molecule is Cl.NCCCCN1C(=O)C2C3C=CC(O3)C2C1=O. The van der Waals surface area contributed by atoms with Crippen molar-refractivity contribution in [1.82, 2.24) is 4.90 Å². The fourth-order valence-corrected chi connectivity index (χ4v) is 3.00. The predicted molar refractivity (Wildman–Crippen MR) is 67.0 cm³/mol. The zero-order chi connectivity index (χ0) is 12.0. The van der Waals surface area contributed by atoms with E-state index in [2.05, 4.69) is 0 Å². The monoisotopic (exact) mass is 272 g/mol. The number of hydrogen-bond acceptors (Lipinski definition) is 4. The summed E-state index contributed by atoms with van der Waals surface area (Å²) in [4.78, 5) is 25.7. The number of likely N-dealkylation sites (tertiary alicyclic amines) is 1. The molecule has 0 aromatic rings. The standard InChI is InChI=1S/C12H16N2O3.ClH/c13-5-1-2-6-14-11(15)9-7-3-4-8(17-7)10(9)12(14)16;/h3-4,7-10H,1-2,5-6,13H2;1H. The maximum Gasteiger partial charge on any atom is 0.236 e. The summed E-state index contributed by atoms with van der Waals surface area (Å²) >= 11 is 0. The first-order valence-corrected chi connectivity index (χ1v) is 6.13. The van der Waals surface area contributed by atoms with E-state index in [9.17, 15) is 9.59 Å². The molecule has 0 aromatic carbocycles. The molecular formula is C12H17ClN2O3. The first-order valence-electron chi connectivity index (χ1n) is 6.13. The number of nitrogens with two attached hydrogens (primary N) is 1. The maximum absolute atomic E-state index is 12.1. The van der Waals surface area contributed by atoms with Gasteiger partial charge >= 0.3 is 0 Å². The third-order valence-corrected chi connectivity index (χ3v) is 3.84. The lowest BCUT2D eigenvalue weighted by Crippen LogP contribution is -2.35. The van der Waals surface area contributed by atoms with Crippen molar-refractivity contribution in [3.05, 3.63) is 12.2 Å². The summed E-state index contributed by atoms with van der Waals surface area (Å²) in [5.74, 6) is -0.659. The van der Waals surface area contributed by atoms with Gasteiger partial charge in [0, 0.05) is 6.54 Å². The summed E-state index contributed by atoms with van der Waals surface area (Å²) in [5.41, 5.74) is 5.41. The third-order valence-electron chi connectivity index (χ3n) is 3.84. The Morgan fingerprint density at radius 2 is 1.67 bits per heavy atom. The average Bonchev–Trinajstić information content (AvgIpc) is 2.97. The molecule has 4 unspecified atom stereocenters. The van der Waals surface area contributed by atoms with Crippen molar-refractivity contribution in [2.75, 3.05) is 13.1 Å². The molecule has 2 saturated heterocycles. The van der Waals surface area contributed by atoms with Gasteiger partial charge in [-0.1, -0.05) is 12.2 Å². The molecule has 3 heterocycles. The van der Waals surface area contributed by atoms with Crippen LogP contribution in [0.1, 0.15) is 12.8 Å². The number of unbranched alkanes of at least 4 members (excludes halogenated alkanes) is 1. The van der Waals surface area contributed by atoms with Crippen LogP contribution in [0, 0.1) is 11.8 Å². The Morgan fingerprint density at radius 3 is 2.17 bits per heavy atom. The van der Waals surface area contributed by atoms with Gasteiger partial charge in [-0.2, -0.15) is 0 Å². The van der Waals surface area contributed by atoms with Gasteiger partial charge in [-0.05, 0) is 19.4 Å². The summed E-state index contributed by atoms with van der Waals surface area (Å²) in [6, 6.07) is 0. The van der Waals surface area contributed by atoms with E-state index >= 15 is 0 Å². The molecule has 100 valence electrons. The zero-order valence-electron chi connectivity index (χ0n) is 9.95. The normalized spacial score (nSPS) is 36.2. The molecule has 0 saturated carbocycles. The molecule has 6 heteroatoms. The lowest BCUT2D eigenvalue weighted by molar-refractivity contribution is -0.142. The highest BCUT2D eigenvalue weighted by Gasteiger charge is 2.60. The summed E-state index contributed by atoms with van der Waals surface area (Å²) in [6.45, 7) is 1.10. The minimum absolute atomic E-state index is 0. The second-order valence-corrected chi connectivity index (χ2v) is 4.83. The van der Waals surface area contributed by atoms with Gasteiger partial charge in [0.15, 0.2) is 0 Å². The summed E-state index contributed by atoms with van der Waals surface area (Å²) in [7, 11) is 0. The number of ether oxygens (including phenoxy) is 1. The number of rotatable bonds is 4. The van der Waals surface area contributed by atoms with Crippen LogP contribution < -0.4 is 5.73 Å². The molecule has 2 bridgehead atoms. The van der Waals surface area contributed by atoms with Crippen LogP contribution in [0.2, 0.25) is 0 Å². The van der Waals surface area contributed by atoms with Crippen LogP contribution in [0.5, 0.6) is 0 Å². The Labute approximate surface area is 112 Å². The smallest absolute Gasteiger partial charge is 0.236 e. The molecule has 0 spiro atoms. The quantitative estimate of drug-likeness (QED) is 0.447. The highest BCUT2D eigenvalue weighted by molar-refractivity contribution is 6.06. The lowest BCUT2D eigenvalue weighted by atomic mass is 9.85. The average molecular weight is 273 g/mol. The van der Waals surface area contributed by atoms with Crippen LogP contribution in [0.25, 0.3) is 0 Å². The van der Waals surface area contributed by atoms with E-state index in [0.717, 1.165) is 12.8 Å². The number of carbonyl (C=O) groups excluding carboxylic acids is 2.